The van der Waals surface area contributed by atoms with Crippen LogP contribution in [0.2, 0.25) is 5.54 Å². The summed E-state index contributed by atoms with van der Waals surface area (Å²) in [6.45, 7) is 0. The zero-order chi connectivity index (χ0) is 15.9. The molecule has 0 heterocycles. The van der Waals surface area contributed by atoms with E-state index in [9.17, 15) is 0 Å². The lowest BCUT2D eigenvalue weighted by atomic mass is 10.1. The molecule has 0 amide bonds. The van der Waals surface area contributed by atoms with Gasteiger partial charge >= 0.3 is 8.56 Å². The molecule has 1 fully saturated rings. The predicted molar refractivity (Wildman–Crippen MR) is 96.3 cm³/mol. The van der Waals surface area contributed by atoms with Crippen molar-refractivity contribution in [3.05, 3.63) is 53.6 Å². The van der Waals surface area contributed by atoms with Crippen molar-refractivity contribution in [3.8, 4) is 11.1 Å². The first-order valence-electron chi connectivity index (χ1n) is 8.61. The average molecular weight is 324 g/mol. The van der Waals surface area contributed by atoms with Gasteiger partial charge in [-0.3, -0.25) is 0 Å². The SMILES string of the molecule is CO[Si](OC)(c1cccc2c1Cc1ccccc1-2)C1CCCC1. The second kappa shape index (κ2) is 5.89. The number of hydrogen-bond donors (Lipinski definition) is 0. The van der Waals surface area contributed by atoms with Crippen LogP contribution in [0.15, 0.2) is 42.5 Å². The van der Waals surface area contributed by atoms with E-state index < -0.39 is 8.56 Å². The summed E-state index contributed by atoms with van der Waals surface area (Å²) in [6, 6.07) is 15.5. The van der Waals surface area contributed by atoms with Crippen LogP contribution in [0.5, 0.6) is 0 Å². The van der Waals surface area contributed by atoms with Crippen molar-refractivity contribution in [2.45, 2.75) is 37.6 Å². The number of hydrogen-bond acceptors (Lipinski definition) is 2. The Morgan fingerprint density at radius 3 is 2.30 bits per heavy atom. The molecule has 0 spiro atoms. The van der Waals surface area contributed by atoms with Crippen molar-refractivity contribution in [2.75, 3.05) is 14.2 Å². The second-order valence-corrected chi connectivity index (χ2v) is 10.2. The number of fused-ring (bicyclic) bond motifs is 3. The molecule has 0 N–H and O–H groups in total. The first-order valence-corrected chi connectivity index (χ1v) is 10.5. The minimum atomic E-state index is -2.38. The summed E-state index contributed by atoms with van der Waals surface area (Å²) in [5, 5.41) is 1.36. The molecule has 0 aliphatic heterocycles. The van der Waals surface area contributed by atoms with Gasteiger partial charge in [0.25, 0.3) is 0 Å². The molecule has 2 aromatic carbocycles. The van der Waals surface area contributed by atoms with E-state index in [1.165, 1.54) is 53.1 Å². The van der Waals surface area contributed by atoms with Gasteiger partial charge in [-0.25, -0.2) is 0 Å². The zero-order valence-electron chi connectivity index (χ0n) is 14.0. The maximum atomic E-state index is 6.20. The average Bonchev–Trinajstić information content (AvgIpc) is 3.25. The van der Waals surface area contributed by atoms with Crippen molar-refractivity contribution in [1.82, 2.24) is 0 Å². The molecule has 0 atom stereocenters. The molecule has 23 heavy (non-hydrogen) atoms. The predicted octanol–water partition coefficient (Wildman–Crippen LogP) is 4.14. The molecule has 0 bridgehead atoms. The Labute approximate surface area is 139 Å². The van der Waals surface area contributed by atoms with Crippen LogP contribution in [0.3, 0.4) is 0 Å². The normalized spacial score (nSPS) is 17.3. The Morgan fingerprint density at radius 1 is 0.870 bits per heavy atom. The molecule has 4 rings (SSSR count). The molecular formula is C20H24O2Si. The van der Waals surface area contributed by atoms with Crippen LogP contribution < -0.4 is 5.19 Å². The summed E-state index contributed by atoms with van der Waals surface area (Å²) in [7, 11) is 1.33. The molecule has 0 saturated heterocycles. The van der Waals surface area contributed by atoms with Crippen LogP contribution in [0, 0.1) is 0 Å². The van der Waals surface area contributed by atoms with E-state index in [0.29, 0.717) is 5.54 Å². The molecule has 2 aromatic rings. The van der Waals surface area contributed by atoms with Crippen molar-refractivity contribution in [3.63, 3.8) is 0 Å². The van der Waals surface area contributed by atoms with Gasteiger partial charge in [0, 0.05) is 19.8 Å². The van der Waals surface area contributed by atoms with Crippen LogP contribution in [0.4, 0.5) is 0 Å². The Kier molecular flexibility index (Phi) is 3.88. The van der Waals surface area contributed by atoms with E-state index >= 15 is 0 Å². The zero-order valence-corrected chi connectivity index (χ0v) is 15.0. The quantitative estimate of drug-likeness (QED) is 0.671. The Bertz CT molecular complexity index is 715. The first kappa shape index (κ1) is 15.1. The van der Waals surface area contributed by atoms with Crippen LogP contribution in [-0.4, -0.2) is 22.8 Å². The molecule has 0 aromatic heterocycles. The van der Waals surface area contributed by atoms with Gasteiger partial charge in [-0.15, -0.1) is 0 Å². The van der Waals surface area contributed by atoms with Crippen LogP contribution in [0.25, 0.3) is 11.1 Å². The largest absolute Gasteiger partial charge is 0.394 e. The van der Waals surface area contributed by atoms with Gasteiger partial charge in [-0.1, -0.05) is 55.3 Å². The topological polar surface area (TPSA) is 18.5 Å². The second-order valence-electron chi connectivity index (χ2n) is 6.72. The lowest BCUT2D eigenvalue weighted by Crippen LogP contribution is -2.57. The monoisotopic (exact) mass is 324 g/mol. The van der Waals surface area contributed by atoms with E-state index in [1.54, 1.807) is 0 Å². The van der Waals surface area contributed by atoms with Gasteiger partial charge in [-0.05, 0) is 46.7 Å². The summed E-state index contributed by atoms with van der Waals surface area (Å²) >= 11 is 0. The van der Waals surface area contributed by atoms with Gasteiger partial charge in [-0.2, -0.15) is 0 Å². The third-order valence-electron chi connectivity index (χ3n) is 5.73. The van der Waals surface area contributed by atoms with Crippen molar-refractivity contribution in [2.24, 2.45) is 0 Å². The molecule has 120 valence electrons. The summed E-state index contributed by atoms with van der Waals surface area (Å²) in [6.07, 6.45) is 6.10. The minimum absolute atomic E-state index is 0.577. The van der Waals surface area contributed by atoms with Crippen molar-refractivity contribution < 1.29 is 8.85 Å². The van der Waals surface area contributed by atoms with Crippen LogP contribution >= 0.6 is 0 Å². The van der Waals surface area contributed by atoms with Gasteiger partial charge in [0.2, 0.25) is 0 Å². The lowest BCUT2D eigenvalue weighted by Gasteiger charge is -2.34. The molecule has 0 radical (unpaired) electrons. The Hall–Kier alpha value is -1.42. The van der Waals surface area contributed by atoms with Gasteiger partial charge in [0.1, 0.15) is 0 Å². The van der Waals surface area contributed by atoms with E-state index in [1.807, 2.05) is 14.2 Å². The Morgan fingerprint density at radius 2 is 1.57 bits per heavy atom. The highest BCUT2D eigenvalue weighted by Gasteiger charge is 2.49. The van der Waals surface area contributed by atoms with Crippen LogP contribution in [0.1, 0.15) is 36.8 Å². The highest BCUT2D eigenvalue weighted by Crippen LogP contribution is 2.42. The fourth-order valence-electron chi connectivity index (χ4n) is 4.65. The molecular weight excluding hydrogens is 300 g/mol. The van der Waals surface area contributed by atoms with E-state index in [4.69, 9.17) is 8.85 Å². The number of rotatable bonds is 4. The maximum absolute atomic E-state index is 6.20. The minimum Gasteiger partial charge on any atom is -0.394 e. The highest BCUT2D eigenvalue weighted by atomic mass is 28.4. The van der Waals surface area contributed by atoms with Crippen LogP contribution in [-0.2, 0) is 15.3 Å². The molecule has 2 aliphatic carbocycles. The van der Waals surface area contributed by atoms with E-state index in [-0.39, 0.29) is 0 Å². The van der Waals surface area contributed by atoms with Gasteiger partial charge in [0.15, 0.2) is 0 Å². The van der Waals surface area contributed by atoms with Crippen molar-refractivity contribution in [1.29, 1.82) is 0 Å². The fraction of sp³-hybridized carbons (Fsp3) is 0.400. The standard InChI is InChI=1S/C20H24O2Si/c1-21-23(22-2,16-9-4-5-10-16)20-13-7-12-18-17-11-6-3-8-15(17)14-19(18)20/h3,6-8,11-13,16H,4-5,9-10,14H2,1-2H3. The van der Waals surface area contributed by atoms with E-state index in [2.05, 4.69) is 42.5 Å². The van der Waals surface area contributed by atoms with Gasteiger partial charge < -0.3 is 8.85 Å². The molecule has 2 aliphatic rings. The number of benzene rings is 2. The molecule has 1 saturated carbocycles. The highest BCUT2D eigenvalue weighted by molar-refractivity contribution is 6.83. The summed E-state index contributed by atoms with van der Waals surface area (Å²) in [5.74, 6) is 0. The first-order chi connectivity index (χ1) is 11.3. The molecule has 2 nitrogen and oxygen atoms in total. The smallest absolute Gasteiger partial charge is 0.375 e. The fourth-order valence-corrected chi connectivity index (χ4v) is 8.50. The third kappa shape index (κ3) is 2.22. The lowest BCUT2D eigenvalue weighted by molar-refractivity contribution is 0.244. The summed E-state index contributed by atoms with van der Waals surface area (Å²) < 4.78 is 12.4. The summed E-state index contributed by atoms with van der Waals surface area (Å²) in [5.41, 5.74) is 6.20. The Balaban J connectivity index is 1.86. The third-order valence-corrected chi connectivity index (χ3v) is 9.81. The maximum Gasteiger partial charge on any atom is 0.375 e. The van der Waals surface area contributed by atoms with E-state index in [0.717, 1.165) is 6.42 Å². The summed E-state index contributed by atoms with van der Waals surface area (Å²) in [4.78, 5) is 0. The van der Waals surface area contributed by atoms with Crippen molar-refractivity contribution >= 4 is 13.7 Å². The van der Waals surface area contributed by atoms with Gasteiger partial charge in [0.05, 0.1) is 0 Å². The molecule has 0 unspecified atom stereocenters. The molecule has 3 heteroatoms.